The van der Waals surface area contributed by atoms with Crippen molar-refractivity contribution in [2.75, 3.05) is 0 Å². The van der Waals surface area contributed by atoms with E-state index in [0.29, 0.717) is 16.0 Å². The number of benzene rings is 1. The first-order valence-corrected chi connectivity index (χ1v) is 6.27. The van der Waals surface area contributed by atoms with E-state index < -0.39 is 0 Å². The van der Waals surface area contributed by atoms with Crippen molar-refractivity contribution in [2.24, 2.45) is 0 Å². The molecule has 0 saturated heterocycles. The molecule has 0 aliphatic rings. The first-order chi connectivity index (χ1) is 8.65. The van der Waals surface area contributed by atoms with Crippen LogP contribution in [0, 0.1) is 12.7 Å². The second-order valence-electron chi connectivity index (χ2n) is 3.99. The summed E-state index contributed by atoms with van der Waals surface area (Å²) in [5, 5.41) is 2.44. The molecule has 0 aliphatic carbocycles. The lowest BCUT2D eigenvalue weighted by Crippen LogP contribution is -2.08. The van der Waals surface area contributed by atoms with Crippen LogP contribution in [0.5, 0.6) is 0 Å². The number of aromatic nitrogens is 2. The predicted molar refractivity (Wildman–Crippen MR) is 70.4 cm³/mol. The average Bonchev–Trinajstić information content (AvgIpc) is 2.74. The summed E-state index contributed by atoms with van der Waals surface area (Å²) in [7, 11) is 0. The van der Waals surface area contributed by atoms with Crippen molar-refractivity contribution in [3.05, 3.63) is 51.6 Å². The van der Waals surface area contributed by atoms with Crippen molar-refractivity contribution < 1.29 is 4.39 Å². The Kier molecular flexibility index (Phi) is 2.48. The zero-order valence-electron chi connectivity index (χ0n) is 9.53. The minimum absolute atomic E-state index is 0.155. The zero-order chi connectivity index (χ0) is 12.7. The van der Waals surface area contributed by atoms with Gasteiger partial charge in [0.25, 0.3) is 5.56 Å². The van der Waals surface area contributed by atoms with Crippen LogP contribution in [0.15, 0.2) is 34.4 Å². The van der Waals surface area contributed by atoms with E-state index in [1.807, 2.05) is 5.38 Å². The number of thiophene rings is 1. The molecule has 3 aromatic rings. The molecule has 2 heterocycles. The fourth-order valence-corrected chi connectivity index (χ4v) is 2.89. The normalized spacial score (nSPS) is 11.0. The van der Waals surface area contributed by atoms with Gasteiger partial charge in [0.05, 0.1) is 5.39 Å². The molecule has 0 fully saturated rings. The number of aromatic amines is 1. The van der Waals surface area contributed by atoms with E-state index in [4.69, 9.17) is 0 Å². The maximum atomic E-state index is 12.9. The Balaban J connectivity index is 2.30. The predicted octanol–water partition coefficient (Wildman–Crippen LogP) is 3.10. The van der Waals surface area contributed by atoms with E-state index >= 15 is 0 Å². The van der Waals surface area contributed by atoms with Gasteiger partial charge in [-0.15, -0.1) is 11.3 Å². The Morgan fingerprint density at radius 2 is 2.00 bits per heavy atom. The largest absolute Gasteiger partial charge is 0.310 e. The SMILES string of the molecule is Cc1nc2scc(-c3ccc(F)cc3)c2c(=O)[nH]1. The lowest BCUT2D eigenvalue weighted by atomic mass is 10.1. The summed E-state index contributed by atoms with van der Waals surface area (Å²) < 4.78 is 12.9. The van der Waals surface area contributed by atoms with E-state index in [9.17, 15) is 9.18 Å². The van der Waals surface area contributed by atoms with Gasteiger partial charge in [-0.3, -0.25) is 4.79 Å². The molecule has 5 heteroatoms. The Hall–Kier alpha value is -2.01. The highest BCUT2D eigenvalue weighted by molar-refractivity contribution is 7.17. The van der Waals surface area contributed by atoms with Gasteiger partial charge in [0, 0.05) is 10.9 Å². The second-order valence-corrected chi connectivity index (χ2v) is 4.85. The van der Waals surface area contributed by atoms with Crippen molar-refractivity contribution in [2.45, 2.75) is 6.92 Å². The highest BCUT2D eigenvalue weighted by atomic mass is 32.1. The van der Waals surface area contributed by atoms with Crippen molar-refractivity contribution in [1.82, 2.24) is 9.97 Å². The number of aryl methyl sites for hydroxylation is 1. The quantitative estimate of drug-likeness (QED) is 0.730. The van der Waals surface area contributed by atoms with E-state index in [2.05, 4.69) is 9.97 Å². The number of halogens is 1. The van der Waals surface area contributed by atoms with Crippen LogP contribution in [-0.4, -0.2) is 9.97 Å². The van der Waals surface area contributed by atoms with E-state index in [1.165, 1.54) is 23.5 Å². The Morgan fingerprint density at radius 3 is 2.72 bits per heavy atom. The van der Waals surface area contributed by atoms with Crippen LogP contribution >= 0.6 is 11.3 Å². The maximum absolute atomic E-state index is 12.9. The molecule has 0 radical (unpaired) electrons. The van der Waals surface area contributed by atoms with Crippen molar-refractivity contribution in [3.8, 4) is 11.1 Å². The number of nitrogens with zero attached hydrogens (tertiary/aromatic N) is 1. The van der Waals surface area contributed by atoms with Crippen molar-refractivity contribution >= 4 is 21.6 Å². The monoisotopic (exact) mass is 260 g/mol. The van der Waals surface area contributed by atoms with E-state index in [-0.39, 0.29) is 11.4 Å². The van der Waals surface area contributed by atoms with Crippen LogP contribution < -0.4 is 5.56 Å². The highest BCUT2D eigenvalue weighted by Gasteiger charge is 2.11. The lowest BCUT2D eigenvalue weighted by Gasteiger charge is -1.99. The molecular formula is C13H9FN2OS. The third kappa shape index (κ3) is 1.73. The van der Waals surface area contributed by atoms with Crippen LogP contribution in [0.2, 0.25) is 0 Å². The summed E-state index contributed by atoms with van der Waals surface area (Å²) >= 11 is 1.42. The number of fused-ring (bicyclic) bond motifs is 1. The molecular weight excluding hydrogens is 251 g/mol. The molecule has 1 N–H and O–H groups in total. The zero-order valence-corrected chi connectivity index (χ0v) is 10.3. The number of nitrogens with one attached hydrogen (secondary N) is 1. The van der Waals surface area contributed by atoms with Gasteiger partial charge in [-0.05, 0) is 24.6 Å². The Labute approximate surface area is 106 Å². The molecule has 1 aromatic carbocycles. The molecule has 0 bridgehead atoms. The van der Waals surface area contributed by atoms with Gasteiger partial charge in [-0.2, -0.15) is 0 Å². The van der Waals surface area contributed by atoms with Crippen LogP contribution in [0.1, 0.15) is 5.82 Å². The van der Waals surface area contributed by atoms with Crippen LogP contribution in [0.4, 0.5) is 4.39 Å². The molecule has 0 atom stereocenters. The maximum Gasteiger partial charge on any atom is 0.260 e. The topological polar surface area (TPSA) is 45.8 Å². The first-order valence-electron chi connectivity index (χ1n) is 5.39. The van der Waals surface area contributed by atoms with Gasteiger partial charge in [-0.25, -0.2) is 9.37 Å². The van der Waals surface area contributed by atoms with Gasteiger partial charge >= 0.3 is 0 Å². The summed E-state index contributed by atoms with van der Waals surface area (Å²) in [6.07, 6.45) is 0. The molecule has 0 amide bonds. The highest BCUT2D eigenvalue weighted by Crippen LogP contribution is 2.30. The lowest BCUT2D eigenvalue weighted by molar-refractivity contribution is 0.628. The van der Waals surface area contributed by atoms with Gasteiger partial charge in [0.2, 0.25) is 0 Å². The Bertz CT molecular complexity index is 774. The Morgan fingerprint density at radius 1 is 1.28 bits per heavy atom. The summed E-state index contributed by atoms with van der Waals surface area (Å²) in [6.45, 7) is 1.75. The van der Waals surface area contributed by atoms with E-state index in [1.54, 1.807) is 19.1 Å². The standard InChI is InChI=1S/C13H9FN2OS/c1-7-15-12(17)11-10(6-18-13(11)16-7)8-2-4-9(14)5-3-8/h2-6H,1H3,(H,15,16,17). The van der Waals surface area contributed by atoms with Crippen LogP contribution in [0.3, 0.4) is 0 Å². The van der Waals surface area contributed by atoms with E-state index in [0.717, 1.165) is 11.1 Å². The minimum Gasteiger partial charge on any atom is -0.310 e. The third-order valence-corrected chi connectivity index (χ3v) is 3.59. The molecule has 2 aromatic heterocycles. The molecule has 0 saturated carbocycles. The minimum atomic E-state index is -0.291. The third-order valence-electron chi connectivity index (χ3n) is 2.72. The van der Waals surface area contributed by atoms with Crippen LogP contribution in [-0.2, 0) is 0 Å². The fourth-order valence-electron chi connectivity index (χ4n) is 1.90. The molecule has 0 aliphatic heterocycles. The summed E-state index contributed by atoms with van der Waals surface area (Å²) in [5.74, 6) is 0.307. The number of rotatable bonds is 1. The first kappa shape index (κ1) is 11.1. The number of hydrogen-bond acceptors (Lipinski definition) is 3. The summed E-state index contributed by atoms with van der Waals surface area (Å²) in [6, 6.07) is 6.09. The van der Waals surface area contributed by atoms with Gasteiger partial charge in [0.1, 0.15) is 16.5 Å². The van der Waals surface area contributed by atoms with Crippen LogP contribution in [0.25, 0.3) is 21.3 Å². The molecule has 90 valence electrons. The summed E-state index contributed by atoms with van der Waals surface area (Å²) in [5.41, 5.74) is 1.46. The second kappa shape index (κ2) is 4.03. The molecule has 0 unspecified atom stereocenters. The van der Waals surface area contributed by atoms with Gasteiger partial charge in [0.15, 0.2) is 0 Å². The molecule has 18 heavy (non-hydrogen) atoms. The molecule has 3 nitrogen and oxygen atoms in total. The summed E-state index contributed by atoms with van der Waals surface area (Å²) in [4.78, 5) is 19.6. The van der Waals surface area contributed by atoms with Crippen molar-refractivity contribution in [1.29, 1.82) is 0 Å². The molecule has 0 spiro atoms. The van der Waals surface area contributed by atoms with Gasteiger partial charge in [-0.1, -0.05) is 12.1 Å². The van der Waals surface area contributed by atoms with Gasteiger partial charge < -0.3 is 4.98 Å². The molecule has 3 rings (SSSR count). The average molecular weight is 260 g/mol. The number of H-pyrrole nitrogens is 1. The smallest absolute Gasteiger partial charge is 0.260 e. The van der Waals surface area contributed by atoms with Crippen molar-refractivity contribution in [3.63, 3.8) is 0 Å². The fraction of sp³-hybridized carbons (Fsp3) is 0.0769. The number of hydrogen-bond donors (Lipinski definition) is 1.